The number of rotatable bonds is 0. The molecule has 0 atom stereocenters. The summed E-state index contributed by atoms with van der Waals surface area (Å²) in [6.07, 6.45) is 0. The summed E-state index contributed by atoms with van der Waals surface area (Å²) in [5.74, 6) is -0.833. The van der Waals surface area contributed by atoms with E-state index in [-0.39, 0.29) is 62.0 Å². The molecular formula is C2H8Na2O6S. The normalized spacial score (nSPS) is 7.55. The molecule has 0 radical (unpaired) electrons. The summed E-state index contributed by atoms with van der Waals surface area (Å²) in [5, 5.41) is 7.42. The average Bonchev–Trinajstić information content (AvgIpc) is 1.19. The summed E-state index contributed by atoms with van der Waals surface area (Å²) >= 11 is 0. The third-order valence-electron chi connectivity index (χ3n) is 0. The van der Waals surface area contributed by atoms with E-state index in [1.165, 1.54) is 0 Å². The van der Waals surface area contributed by atoms with Crippen molar-refractivity contribution in [3.8, 4) is 0 Å². The number of carbonyl (C=O) groups is 1. The molecule has 0 saturated heterocycles. The van der Waals surface area contributed by atoms with Crippen LogP contribution in [0.5, 0.6) is 0 Å². The van der Waals surface area contributed by atoms with E-state index in [1.54, 1.807) is 0 Å². The van der Waals surface area contributed by atoms with Gasteiger partial charge in [-0.2, -0.15) is 8.42 Å². The van der Waals surface area contributed by atoms with Crippen molar-refractivity contribution < 1.29 is 89.4 Å². The Morgan fingerprint density at radius 3 is 1.27 bits per heavy atom. The van der Waals surface area contributed by atoms with Crippen LogP contribution in [0.15, 0.2) is 0 Å². The van der Waals surface area contributed by atoms with Gasteiger partial charge in [0.25, 0.3) is 5.97 Å². The Bertz CT molecular complexity index is 169. The summed E-state index contributed by atoms with van der Waals surface area (Å²) in [4.78, 5) is 9.00. The Morgan fingerprint density at radius 1 is 1.27 bits per heavy atom. The van der Waals surface area contributed by atoms with Crippen LogP contribution in [0.3, 0.4) is 0 Å². The molecule has 60 valence electrons. The second-order valence-corrected chi connectivity index (χ2v) is 1.86. The fraction of sp³-hybridized carbons (Fsp3) is 0.500. The minimum Gasteiger partial charge on any atom is -1.00 e. The fourth-order valence-electron chi connectivity index (χ4n) is 0. The van der Waals surface area contributed by atoms with Crippen molar-refractivity contribution in [2.75, 3.05) is 0 Å². The van der Waals surface area contributed by atoms with Gasteiger partial charge in [-0.3, -0.25) is 13.9 Å². The Hall–Kier alpha value is 1.34. The monoisotopic (exact) mass is 206 g/mol. The second-order valence-electron chi connectivity index (χ2n) is 0.967. The molecular weight excluding hydrogens is 198 g/mol. The summed E-state index contributed by atoms with van der Waals surface area (Å²) < 4.78 is 31.6. The summed E-state index contributed by atoms with van der Waals surface area (Å²) in [7, 11) is -4.67. The first kappa shape index (κ1) is 22.8. The molecule has 9 heteroatoms. The van der Waals surface area contributed by atoms with Gasteiger partial charge in [-0.1, -0.05) is 0 Å². The third-order valence-corrected chi connectivity index (χ3v) is 0. The van der Waals surface area contributed by atoms with Crippen LogP contribution >= 0.6 is 0 Å². The van der Waals surface area contributed by atoms with Crippen LogP contribution in [0.4, 0.5) is 0 Å². The van der Waals surface area contributed by atoms with Crippen LogP contribution in [-0.4, -0.2) is 28.6 Å². The topological polar surface area (TPSA) is 112 Å². The van der Waals surface area contributed by atoms with Gasteiger partial charge in [0.2, 0.25) is 0 Å². The molecule has 0 saturated carbocycles. The molecule has 0 aliphatic heterocycles. The number of aliphatic carboxylic acids is 1. The van der Waals surface area contributed by atoms with Gasteiger partial charge >= 0.3 is 69.5 Å². The van der Waals surface area contributed by atoms with Crippen molar-refractivity contribution >= 4 is 16.4 Å². The summed E-state index contributed by atoms with van der Waals surface area (Å²) in [6.45, 7) is 1.08. The van der Waals surface area contributed by atoms with Crippen LogP contribution in [0, 0.1) is 0 Å². The molecule has 0 amide bonds. The minimum absolute atomic E-state index is 0. The van der Waals surface area contributed by atoms with E-state index in [1.807, 2.05) is 0 Å². The second kappa shape index (κ2) is 11.3. The zero-order valence-electron chi connectivity index (χ0n) is 8.47. The van der Waals surface area contributed by atoms with E-state index >= 15 is 0 Å². The molecule has 0 aromatic heterocycles. The zero-order valence-corrected chi connectivity index (χ0v) is 11.3. The van der Waals surface area contributed by atoms with Crippen molar-refractivity contribution in [3.05, 3.63) is 0 Å². The Labute approximate surface area is 111 Å². The van der Waals surface area contributed by atoms with E-state index < -0.39 is 16.4 Å². The number of carboxylic acids is 1. The molecule has 0 aliphatic carbocycles. The maximum atomic E-state index is 9.00. The van der Waals surface area contributed by atoms with Gasteiger partial charge in [0.05, 0.1) is 0 Å². The fourth-order valence-corrected chi connectivity index (χ4v) is 0. The molecule has 0 bridgehead atoms. The number of hydrogen-bond acceptors (Lipinski definition) is 3. The Kier molecular flexibility index (Phi) is 23.5. The Balaban J connectivity index is -0.0000000146. The molecule has 0 aliphatic rings. The van der Waals surface area contributed by atoms with Crippen molar-refractivity contribution in [3.63, 3.8) is 0 Å². The van der Waals surface area contributed by atoms with Crippen LogP contribution in [0.2, 0.25) is 0 Å². The minimum atomic E-state index is -4.67. The number of hydrogen-bond donors (Lipinski definition) is 3. The average molecular weight is 206 g/mol. The number of carboxylic acid groups (broad SMARTS) is 1. The smallest absolute Gasteiger partial charge is 1.00 e. The van der Waals surface area contributed by atoms with E-state index in [0.29, 0.717) is 0 Å². The van der Waals surface area contributed by atoms with Gasteiger partial charge in [0, 0.05) is 6.92 Å². The molecule has 11 heavy (non-hydrogen) atoms. The predicted molar refractivity (Wildman–Crippen MR) is 29.7 cm³/mol. The van der Waals surface area contributed by atoms with E-state index in [0.717, 1.165) is 6.92 Å². The van der Waals surface area contributed by atoms with Crippen molar-refractivity contribution in [1.29, 1.82) is 0 Å². The molecule has 0 spiro atoms. The zero-order chi connectivity index (χ0) is 8.08. The molecule has 0 fully saturated rings. The molecule has 0 rings (SSSR count). The quantitative estimate of drug-likeness (QED) is 0.268. The third kappa shape index (κ3) is 551. The maximum Gasteiger partial charge on any atom is 1.00 e. The first-order chi connectivity index (χ1) is 3.73. The van der Waals surface area contributed by atoms with Gasteiger partial charge in [0.1, 0.15) is 0 Å². The van der Waals surface area contributed by atoms with Crippen molar-refractivity contribution in [1.82, 2.24) is 0 Å². The van der Waals surface area contributed by atoms with Gasteiger partial charge in [-0.05, 0) is 0 Å². The van der Waals surface area contributed by atoms with E-state index in [4.69, 9.17) is 27.4 Å². The SMILES string of the molecule is CC(=O)O.O=S(=O)(O)O.[H-].[H-].[Na+].[Na+]. The van der Waals surface area contributed by atoms with E-state index in [2.05, 4.69) is 0 Å². The predicted octanol–water partition coefficient (Wildman–Crippen LogP) is -6.33. The Morgan fingerprint density at radius 2 is 1.27 bits per heavy atom. The summed E-state index contributed by atoms with van der Waals surface area (Å²) in [5.41, 5.74) is 0. The molecule has 0 heterocycles. The first-order valence-corrected chi connectivity index (χ1v) is 3.02. The standard InChI is InChI=1S/C2H4O2.2Na.H2O4S.2H/c1-2(3)4;;;1-5(2,3)4;;/h1H3,(H,3,4);;;(H2,1,2,3,4);;/q;2*+1;;2*-1. The van der Waals surface area contributed by atoms with Gasteiger partial charge in [-0.25, -0.2) is 0 Å². The van der Waals surface area contributed by atoms with Crippen LogP contribution in [0.25, 0.3) is 0 Å². The molecule has 0 aromatic rings. The van der Waals surface area contributed by atoms with E-state index in [9.17, 15) is 0 Å². The molecule has 3 N–H and O–H groups in total. The largest absolute Gasteiger partial charge is 1.00 e. The molecule has 6 nitrogen and oxygen atoms in total. The van der Waals surface area contributed by atoms with Gasteiger partial charge < -0.3 is 7.96 Å². The van der Waals surface area contributed by atoms with Crippen molar-refractivity contribution in [2.24, 2.45) is 0 Å². The molecule has 0 aromatic carbocycles. The van der Waals surface area contributed by atoms with Gasteiger partial charge in [-0.15, -0.1) is 0 Å². The van der Waals surface area contributed by atoms with Crippen LogP contribution in [0.1, 0.15) is 9.78 Å². The van der Waals surface area contributed by atoms with Gasteiger partial charge in [0.15, 0.2) is 0 Å². The summed E-state index contributed by atoms with van der Waals surface area (Å²) in [6, 6.07) is 0. The maximum absolute atomic E-state index is 9.00. The van der Waals surface area contributed by atoms with Crippen LogP contribution < -0.4 is 59.1 Å². The van der Waals surface area contributed by atoms with Crippen LogP contribution in [-0.2, 0) is 15.2 Å². The first-order valence-electron chi connectivity index (χ1n) is 1.63. The van der Waals surface area contributed by atoms with Crippen molar-refractivity contribution in [2.45, 2.75) is 6.92 Å². The molecule has 0 unspecified atom stereocenters.